The van der Waals surface area contributed by atoms with E-state index in [-0.39, 0.29) is 17.2 Å². The van der Waals surface area contributed by atoms with E-state index in [9.17, 15) is 9.59 Å². The Hall–Kier alpha value is -1.54. The van der Waals surface area contributed by atoms with Crippen LogP contribution < -0.4 is 10.9 Å². The second kappa shape index (κ2) is 9.51. The number of amides is 1. The molecule has 5 nitrogen and oxygen atoms in total. The lowest BCUT2D eigenvalue weighted by molar-refractivity contribution is -0.113. The Morgan fingerprint density at radius 1 is 1.34 bits per heavy atom. The van der Waals surface area contributed by atoms with Gasteiger partial charge in [-0.25, -0.2) is 4.98 Å². The smallest absolute Gasteiger partial charge is 0.260 e. The summed E-state index contributed by atoms with van der Waals surface area (Å²) < 4.78 is 0. The molecule has 1 aromatic carbocycles. The average molecular weight is 470 g/mol. The van der Waals surface area contributed by atoms with Gasteiger partial charge in [-0.05, 0) is 37.0 Å². The number of aromatic nitrogens is 2. The summed E-state index contributed by atoms with van der Waals surface area (Å²) in [5, 5.41) is 4.52. The highest BCUT2D eigenvalue weighted by atomic mass is 35.5. The van der Waals surface area contributed by atoms with Crippen LogP contribution in [0.15, 0.2) is 28.2 Å². The van der Waals surface area contributed by atoms with Gasteiger partial charge in [-0.1, -0.05) is 61.3 Å². The molecule has 0 saturated heterocycles. The van der Waals surface area contributed by atoms with E-state index in [4.69, 9.17) is 23.2 Å². The quantitative estimate of drug-likeness (QED) is 0.332. The van der Waals surface area contributed by atoms with Gasteiger partial charge in [0.25, 0.3) is 5.56 Å². The first kappa shape index (κ1) is 22.2. The van der Waals surface area contributed by atoms with Crippen LogP contribution in [0.4, 0.5) is 5.69 Å². The van der Waals surface area contributed by atoms with E-state index in [1.165, 1.54) is 11.3 Å². The number of nitrogens with one attached hydrogen (secondary N) is 2. The summed E-state index contributed by atoms with van der Waals surface area (Å²) in [6, 6.07) is 5.01. The first-order chi connectivity index (χ1) is 13.8. The number of carbonyl (C=O) groups is 1. The second-order valence-corrected chi connectivity index (χ2v) is 9.82. The van der Waals surface area contributed by atoms with E-state index in [0.717, 1.165) is 35.0 Å². The summed E-state index contributed by atoms with van der Waals surface area (Å²) in [6.45, 7) is 6.35. The summed E-state index contributed by atoms with van der Waals surface area (Å²) in [5.74, 6) is 0.285. The molecule has 0 aliphatic heterocycles. The minimum absolute atomic E-state index is 0.0695. The van der Waals surface area contributed by atoms with Gasteiger partial charge in [0.05, 0.1) is 26.9 Å². The number of fused-ring (bicyclic) bond motifs is 1. The Morgan fingerprint density at radius 3 is 2.69 bits per heavy atom. The Balaban J connectivity index is 1.76. The lowest BCUT2D eigenvalue weighted by Gasteiger charge is -2.09. The van der Waals surface area contributed by atoms with E-state index in [0.29, 0.717) is 37.0 Å². The second-order valence-electron chi connectivity index (χ2n) is 6.84. The monoisotopic (exact) mass is 469 g/mol. The van der Waals surface area contributed by atoms with E-state index in [1.54, 1.807) is 18.2 Å². The van der Waals surface area contributed by atoms with Crippen molar-refractivity contribution < 1.29 is 4.79 Å². The zero-order valence-electron chi connectivity index (χ0n) is 16.3. The lowest BCUT2D eigenvalue weighted by Crippen LogP contribution is -2.16. The number of H-pyrrole nitrogens is 1. The molecule has 1 amide bonds. The number of aromatic amines is 1. The predicted molar refractivity (Wildman–Crippen MR) is 124 cm³/mol. The molecule has 1 unspecified atom stereocenters. The fourth-order valence-corrected chi connectivity index (χ4v) is 5.15. The number of halogens is 2. The van der Waals surface area contributed by atoms with Crippen molar-refractivity contribution in [3.8, 4) is 0 Å². The number of benzene rings is 1. The van der Waals surface area contributed by atoms with E-state index >= 15 is 0 Å². The molecular formula is C20H21Cl2N3O2S2. The van der Waals surface area contributed by atoms with Gasteiger partial charge in [0.15, 0.2) is 5.16 Å². The van der Waals surface area contributed by atoms with Crippen LogP contribution in [0.5, 0.6) is 0 Å². The molecule has 0 spiro atoms. The molecule has 9 heteroatoms. The van der Waals surface area contributed by atoms with Crippen molar-refractivity contribution >= 4 is 68.1 Å². The number of aryl methyl sites for hydroxylation is 1. The van der Waals surface area contributed by atoms with Gasteiger partial charge in [-0.3, -0.25) is 9.59 Å². The van der Waals surface area contributed by atoms with Gasteiger partial charge in [0, 0.05) is 4.88 Å². The number of para-hydroxylation sites is 1. The van der Waals surface area contributed by atoms with E-state index in [2.05, 4.69) is 29.1 Å². The van der Waals surface area contributed by atoms with Crippen LogP contribution in [0, 0.1) is 12.8 Å². The topological polar surface area (TPSA) is 74.8 Å². The molecule has 0 bridgehead atoms. The highest BCUT2D eigenvalue weighted by Gasteiger charge is 2.17. The van der Waals surface area contributed by atoms with Gasteiger partial charge >= 0.3 is 0 Å². The standard InChI is InChI=1S/C20H21Cl2N3O2S2/c1-4-10(2)8-12-11(3)29-19-16(12)18(27)24-20(25-19)28-9-15(26)23-17-13(21)6-5-7-14(17)22/h5-7,10H,4,8-9H2,1-3H3,(H,23,26)(H,24,25,27). The minimum atomic E-state index is -0.285. The fraction of sp³-hybridized carbons (Fsp3) is 0.350. The molecule has 154 valence electrons. The Morgan fingerprint density at radius 2 is 2.03 bits per heavy atom. The van der Waals surface area contributed by atoms with Gasteiger partial charge in [0.1, 0.15) is 4.83 Å². The molecule has 0 fully saturated rings. The van der Waals surface area contributed by atoms with Crippen LogP contribution in [0.2, 0.25) is 10.0 Å². The molecule has 3 rings (SSSR count). The summed E-state index contributed by atoms with van der Waals surface area (Å²) in [6.07, 6.45) is 1.92. The van der Waals surface area contributed by atoms with Crippen molar-refractivity contribution in [3.63, 3.8) is 0 Å². The molecule has 3 aromatic rings. The number of nitrogens with zero attached hydrogens (tertiary/aromatic N) is 1. The normalized spacial score (nSPS) is 12.3. The number of hydrogen-bond donors (Lipinski definition) is 2. The SMILES string of the molecule is CCC(C)Cc1c(C)sc2nc(SCC(=O)Nc3c(Cl)cccc3Cl)[nH]c(=O)c12. The molecule has 0 aliphatic rings. The van der Waals surface area contributed by atoms with Crippen LogP contribution in [0.3, 0.4) is 0 Å². The Labute approximate surface area is 187 Å². The van der Waals surface area contributed by atoms with Crippen molar-refractivity contribution in [1.29, 1.82) is 0 Å². The Bertz CT molecular complexity index is 1090. The fourth-order valence-electron chi connectivity index (χ4n) is 2.89. The van der Waals surface area contributed by atoms with Gasteiger partial charge < -0.3 is 10.3 Å². The van der Waals surface area contributed by atoms with Crippen LogP contribution in [-0.4, -0.2) is 21.6 Å². The molecule has 29 heavy (non-hydrogen) atoms. The molecule has 1 atom stereocenters. The number of thioether (sulfide) groups is 1. The number of hydrogen-bond acceptors (Lipinski definition) is 5. The number of rotatable bonds is 7. The number of anilines is 1. The molecule has 2 heterocycles. The van der Waals surface area contributed by atoms with Crippen LogP contribution in [0.1, 0.15) is 30.7 Å². The predicted octanol–water partition coefficient (Wildman–Crippen LogP) is 5.92. The Kier molecular flexibility index (Phi) is 7.27. The maximum Gasteiger partial charge on any atom is 0.260 e. The summed E-state index contributed by atoms with van der Waals surface area (Å²) in [4.78, 5) is 34.2. The summed E-state index contributed by atoms with van der Waals surface area (Å²) >= 11 is 14.8. The zero-order chi connectivity index (χ0) is 21.1. The van der Waals surface area contributed by atoms with E-state index < -0.39 is 0 Å². The van der Waals surface area contributed by atoms with Crippen molar-refractivity contribution in [2.24, 2.45) is 5.92 Å². The number of carbonyl (C=O) groups excluding carboxylic acids is 1. The van der Waals surface area contributed by atoms with Gasteiger partial charge in [0.2, 0.25) is 5.91 Å². The third-order valence-electron chi connectivity index (χ3n) is 4.66. The first-order valence-corrected chi connectivity index (χ1v) is 11.7. The summed E-state index contributed by atoms with van der Waals surface area (Å²) in [5.41, 5.74) is 1.30. The average Bonchev–Trinajstić information content (AvgIpc) is 2.98. The highest BCUT2D eigenvalue weighted by molar-refractivity contribution is 7.99. The number of thiophene rings is 1. The third kappa shape index (κ3) is 5.15. The van der Waals surface area contributed by atoms with Crippen molar-refractivity contribution in [3.05, 3.63) is 49.0 Å². The van der Waals surface area contributed by atoms with E-state index in [1.807, 2.05) is 6.92 Å². The van der Waals surface area contributed by atoms with Gasteiger partial charge in [-0.2, -0.15) is 0 Å². The zero-order valence-corrected chi connectivity index (χ0v) is 19.4. The highest BCUT2D eigenvalue weighted by Crippen LogP contribution is 2.31. The lowest BCUT2D eigenvalue weighted by atomic mass is 9.98. The molecule has 0 aliphatic carbocycles. The maximum atomic E-state index is 12.7. The first-order valence-electron chi connectivity index (χ1n) is 9.19. The van der Waals surface area contributed by atoms with Crippen molar-refractivity contribution in [2.45, 2.75) is 38.8 Å². The largest absolute Gasteiger partial charge is 0.323 e. The molecule has 2 N–H and O–H groups in total. The van der Waals surface area contributed by atoms with Gasteiger partial charge in [-0.15, -0.1) is 11.3 Å². The van der Waals surface area contributed by atoms with Crippen molar-refractivity contribution in [1.82, 2.24) is 9.97 Å². The molecular weight excluding hydrogens is 449 g/mol. The molecule has 2 aromatic heterocycles. The summed E-state index contributed by atoms with van der Waals surface area (Å²) in [7, 11) is 0. The van der Waals surface area contributed by atoms with Crippen molar-refractivity contribution in [2.75, 3.05) is 11.1 Å². The minimum Gasteiger partial charge on any atom is -0.323 e. The maximum absolute atomic E-state index is 12.7. The van der Waals surface area contributed by atoms with Crippen LogP contribution in [-0.2, 0) is 11.2 Å². The molecule has 0 radical (unpaired) electrons. The van der Waals surface area contributed by atoms with Crippen LogP contribution >= 0.6 is 46.3 Å². The van der Waals surface area contributed by atoms with Crippen LogP contribution in [0.25, 0.3) is 10.2 Å². The molecule has 0 saturated carbocycles. The third-order valence-corrected chi connectivity index (χ3v) is 7.20.